The van der Waals surface area contributed by atoms with Gasteiger partial charge in [-0.05, 0) is 36.1 Å². The van der Waals surface area contributed by atoms with Gasteiger partial charge < -0.3 is 5.32 Å². The molecule has 0 saturated carbocycles. The van der Waals surface area contributed by atoms with Gasteiger partial charge in [-0.1, -0.05) is 24.3 Å². The van der Waals surface area contributed by atoms with E-state index in [4.69, 9.17) is 0 Å². The Labute approximate surface area is 122 Å². The first-order valence-corrected chi connectivity index (χ1v) is 8.83. The smallest absolute Gasteiger partial charge is 0.244 e. The Balaban J connectivity index is 2.02. The fraction of sp³-hybridized carbons (Fsp3) is 0.143. The number of benzene rings is 2. The first-order chi connectivity index (χ1) is 9.60. The molecule has 3 rings (SSSR count). The van der Waals surface area contributed by atoms with E-state index in [0.29, 0.717) is 5.69 Å². The summed E-state index contributed by atoms with van der Waals surface area (Å²) in [5, 5.41) is 3.22. The van der Waals surface area contributed by atoms with Crippen LogP contribution < -0.4 is 10.0 Å². The van der Waals surface area contributed by atoms with Crippen molar-refractivity contribution in [3.8, 4) is 0 Å². The third-order valence-electron chi connectivity index (χ3n) is 3.18. The van der Waals surface area contributed by atoms with E-state index in [1.807, 2.05) is 36.6 Å². The Hall–Kier alpha value is -1.50. The molecule has 0 fully saturated rings. The van der Waals surface area contributed by atoms with Gasteiger partial charge in [0.1, 0.15) is 11.1 Å². The average molecular weight is 306 g/mol. The molecule has 1 atom stereocenters. The molecule has 1 aliphatic heterocycles. The lowest BCUT2D eigenvalue weighted by molar-refractivity contribution is 0.562. The topological polar surface area (TPSA) is 58.2 Å². The maximum Gasteiger partial charge on any atom is 0.244 e. The van der Waals surface area contributed by atoms with E-state index in [1.165, 1.54) is 0 Å². The van der Waals surface area contributed by atoms with Crippen LogP contribution in [0.25, 0.3) is 0 Å². The van der Waals surface area contributed by atoms with Crippen molar-refractivity contribution in [2.75, 3.05) is 11.6 Å². The zero-order valence-corrected chi connectivity index (χ0v) is 12.5. The van der Waals surface area contributed by atoms with Crippen LogP contribution in [0.2, 0.25) is 0 Å². The molecule has 1 unspecified atom stereocenters. The van der Waals surface area contributed by atoms with Gasteiger partial charge in [0.15, 0.2) is 0 Å². The predicted molar refractivity (Wildman–Crippen MR) is 81.4 cm³/mol. The van der Waals surface area contributed by atoms with Crippen LogP contribution in [-0.2, 0) is 10.0 Å². The molecule has 0 spiro atoms. The van der Waals surface area contributed by atoms with Crippen molar-refractivity contribution in [1.82, 2.24) is 4.72 Å². The number of para-hydroxylation sites is 1. The molecule has 20 heavy (non-hydrogen) atoms. The van der Waals surface area contributed by atoms with E-state index in [1.54, 1.807) is 30.0 Å². The first kappa shape index (κ1) is 13.5. The van der Waals surface area contributed by atoms with Crippen LogP contribution in [0, 0.1) is 0 Å². The number of rotatable bonds is 2. The second-order valence-electron chi connectivity index (χ2n) is 4.47. The second kappa shape index (κ2) is 5.12. The van der Waals surface area contributed by atoms with Gasteiger partial charge in [0, 0.05) is 4.90 Å². The highest BCUT2D eigenvalue weighted by atomic mass is 32.2. The molecule has 1 aliphatic rings. The van der Waals surface area contributed by atoms with Gasteiger partial charge in [-0.15, -0.1) is 11.8 Å². The highest BCUT2D eigenvalue weighted by Crippen LogP contribution is 2.31. The van der Waals surface area contributed by atoms with Crippen LogP contribution >= 0.6 is 11.8 Å². The van der Waals surface area contributed by atoms with Crippen LogP contribution in [0.4, 0.5) is 5.69 Å². The summed E-state index contributed by atoms with van der Waals surface area (Å²) in [6.07, 6.45) is 1.55. The van der Waals surface area contributed by atoms with Gasteiger partial charge >= 0.3 is 0 Å². The highest BCUT2D eigenvalue weighted by Gasteiger charge is 2.29. The van der Waals surface area contributed by atoms with Crippen molar-refractivity contribution in [2.24, 2.45) is 0 Å². The largest absolute Gasteiger partial charge is 0.364 e. The first-order valence-electron chi connectivity index (χ1n) is 6.12. The Kier molecular flexibility index (Phi) is 3.45. The van der Waals surface area contributed by atoms with Crippen molar-refractivity contribution in [2.45, 2.75) is 16.0 Å². The van der Waals surface area contributed by atoms with Crippen LogP contribution in [0.3, 0.4) is 0 Å². The molecular formula is C14H14N2O2S2. The van der Waals surface area contributed by atoms with Gasteiger partial charge in [0.25, 0.3) is 0 Å². The Morgan fingerprint density at radius 3 is 2.70 bits per heavy atom. The molecular weight excluding hydrogens is 292 g/mol. The van der Waals surface area contributed by atoms with Crippen molar-refractivity contribution in [3.05, 3.63) is 54.1 Å². The summed E-state index contributed by atoms with van der Waals surface area (Å²) < 4.78 is 27.2. The highest BCUT2D eigenvalue weighted by molar-refractivity contribution is 7.98. The standard InChI is InChI=1S/C14H14N2O2S2/c1-19-11-6-4-5-10(9-11)14-15-12-7-2-3-8-13(12)20(17,18)16-14/h2-9,14-16H,1H3. The minimum Gasteiger partial charge on any atom is -0.364 e. The summed E-state index contributed by atoms with van der Waals surface area (Å²) in [5.41, 5.74) is 1.53. The Morgan fingerprint density at radius 1 is 1.10 bits per heavy atom. The van der Waals surface area contributed by atoms with Crippen molar-refractivity contribution in [3.63, 3.8) is 0 Å². The summed E-state index contributed by atoms with van der Waals surface area (Å²) >= 11 is 1.63. The molecule has 0 bridgehead atoms. The van der Waals surface area contributed by atoms with Crippen molar-refractivity contribution in [1.29, 1.82) is 0 Å². The quantitative estimate of drug-likeness (QED) is 0.838. The molecule has 2 aromatic carbocycles. The van der Waals surface area contributed by atoms with E-state index in [9.17, 15) is 8.42 Å². The molecule has 4 nitrogen and oxygen atoms in total. The van der Waals surface area contributed by atoms with Crippen LogP contribution in [0.5, 0.6) is 0 Å². The summed E-state index contributed by atoms with van der Waals surface area (Å²) in [6, 6.07) is 14.7. The monoisotopic (exact) mass is 306 g/mol. The van der Waals surface area contributed by atoms with Crippen LogP contribution in [-0.4, -0.2) is 14.7 Å². The van der Waals surface area contributed by atoms with Crippen molar-refractivity contribution >= 4 is 27.5 Å². The number of hydrogen-bond donors (Lipinski definition) is 2. The van der Waals surface area contributed by atoms with E-state index >= 15 is 0 Å². The zero-order valence-electron chi connectivity index (χ0n) is 10.8. The van der Waals surface area contributed by atoms with Gasteiger partial charge in [-0.2, -0.15) is 4.72 Å². The molecule has 0 radical (unpaired) electrons. The molecule has 0 aliphatic carbocycles. The normalized spacial score (nSPS) is 19.9. The number of sulfonamides is 1. The maximum absolute atomic E-state index is 12.3. The lowest BCUT2D eigenvalue weighted by atomic mass is 10.1. The lowest BCUT2D eigenvalue weighted by Crippen LogP contribution is -2.38. The van der Waals surface area contributed by atoms with E-state index in [-0.39, 0.29) is 4.90 Å². The molecule has 104 valence electrons. The fourth-order valence-corrected chi connectivity index (χ4v) is 3.97. The lowest BCUT2D eigenvalue weighted by Gasteiger charge is -2.28. The number of anilines is 1. The number of hydrogen-bond acceptors (Lipinski definition) is 4. The number of fused-ring (bicyclic) bond motifs is 1. The van der Waals surface area contributed by atoms with Crippen LogP contribution in [0.1, 0.15) is 11.7 Å². The average Bonchev–Trinajstić information content (AvgIpc) is 2.46. The molecule has 1 heterocycles. The molecule has 2 aromatic rings. The third kappa shape index (κ3) is 2.42. The van der Waals surface area contributed by atoms with Gasteiger partial charge in [0.05, 0.1) is 5.69 Å². The van der Waals surface area contributed by atoms with Crippen molar-refractivity contribution < 1.29 is 8.42 Å². The van der Waals surface area contributed by atoms with Gasteiger partial charge in [-0.25, -0.2) is 8.42 Å². The van der Waals surface area contributed by atoms with Gasteiger partial charge in [-0.3, -0.25) is 0 Å². The molecule has 0 aromatic heterocycles. The molecule has 0 amide bonds. The van der Waals surface area contributed by atoms with E-state index < -0.39 is 16.2 Å². The number of nitrogens with one attached hydrogen (secondary N) is 2. The van der Waals surface area contributed by atoms with Crippen LogP contribution in [0.15, 0.2) is 58.3 Å². The Bertz CT molecular complexity index is 744. The fourth-order valence-electron chi connectivity index (χ4n) is 2.20. The summed E-state index contributed by atoms with van der Waals surface area (Å²) in [5.74, 6) is 0. The van der Waals surface area contributed by atoms with E-state index in [0.717, 1.165) is 10.5 Å². The van der Waals surface area contributed by atoms with E-state index in [2.05, 4.69) is 10.0 Å². The minimum absolute atomic E-state index is 0.289. The van der Waals surface area contributed by atoms with Gasteiger partial charge in [0.2, 0.25) is 10.0 Å². The Morgan fingerprint density at radius 2 is 1.90 bits per heavy atom. The molecule has 6 heteroatoms. The zero-order chi connectivity index (χ0) is 14.2. The molecule has 2 N–H and O–H groups in total. The molecule has 0 saturated heterocycles. The summed E-state index contributed by atoms with van der Waals surface area (Å²) in [4.78, 5) is 1.39. The third-order valence-corrected chi connectivity index (χ3v) is 5.38. The summed E-state index contributed by atoms with van der Waals surface area (Å²) in [6.45, 7) is 0. The SMILES string of the molecule is CSc1cccc(C2Nc3ccccc3S(=O)(=O)N2)c1. The minimum atomic E-state index is -3.48. The predicted octanol–water partition coefficient (Wildman–Crippen LogP) is 2.81. The maximum atomic E-state index is 12.3. The number of thioether (sulfide) groups is 1. The summed E-state index contributed by atoms with van der Waals surface area (Å²) in [7, 11) is -3.48. The second-order valence-corrected chi connectivity index (χ2v) is 7.03.